The number of nitrogens with one attached hydrogen (secondary N) is 1. The predicted molar refractivity (Wildman–Crippen MR) is 64.3 cm³/mol. The van der Waals surface area contributed by atoms with E-state index in [9.17, 15) is 4.79 Å². The van der Waals surface area contributed by atoms with Crippen molar-refractivity contribution >= 4 is 5.91 Å². The van der Waals surface area contributed by atoms with Gasteiger partial charge in [-0.15, -0.1) is 0 Å². The number of fused-ring (bicyclic) bond motifs is 1. The van der Waals surface area contributed by atoms with Crippen LogP contribution in [0, 0.1) is 0 Å². The number of para-hydroxylation sites is 2. The van der Waals surface area contributed by atoms with E-state index in [1.54, 1.807) is 0 Å². The van der Waals surface area contributed by atoms with Crippen molar-refractivity contribution in [1.82, 2.24) is 5.32 Å². The van der Waals surface area contributed by atoms with Crippen LogP contribution >= 0.6 is 0 Å². The second-order valence-corrected chi connectivity index (χ2v) is 4.05. The first-order chi connectivity index (χ1) is 8.29. The smallest absolute Gasteiger partial charge is 0.220 e. The van der Waals surface area contributed by atoms with Crippen LogP contribution in [0.4, 0.5) is 0 Å². The minimum absolute atomic E-state index is 0.0648. The van der Waals surface area contributed by atoms with Gasteiger partial charge in [0.15, 0.2) is 11.5 Å². The van der Waals surface area contributed by atoms with Crippen molar-refractivity contribution < 1.29 is 14.3 Å². The van der Waals surface area contributed by atoms with Gasteiger partial charge in [0.1, 0.15) is 12.7 Å². The zero-order valence-corrected chi connectivity index (χ0v) is 9.94. The third-order valence-corrected chi connectivity index (χ3v) is 2.57. The lowest BCUT2D eigenvalue weighted by atomic mass is 10.2. The van der Waals surface area contributed by atoms with Gasteiger partial charge in [-0.2, -0.15) is 0 Å². The van der Waals surface area contributed by atoms with E-state index in [1.807, 2.05) is 31.2 Å². The molecule has 0 aromatic heterocycles. The molecule has 17 heavy (non-hydrogen) atoms. The molecule has 1 N–H and O–H groups in total. The van der Waals surface area contributed by atoms with Crippen molar-refractivity contribution in [3.05, 3.63) is 24.3 Å². The third kappa shape index (κ3) is 3.12. The molecule has 1 heterocycles. The molecule has 0 bridgehead atoms. The van der Waals surface area contributed by atoms with Crippen molar-refractivity contribution in [3.63, 3.8) is 0 Å². The molecule has 0 spiro atoms. The van der Waals surface area contributed by atoms with E-state index in [0.717, 1.165) is 17.9 Å². The van der Waals surface area contributed by atoms with E-state index in [0.29, 0.717) is 19.6 Å². The molecule has 4 heteroatoms. The molecule has 1 atom stereocenters. The highest BCUT2D eigenvalue weighted by Gasteiger charge is 2.20. The lowest BCUT2D eigenvalue weighted by Gasteiger charge is -2.26. The Morgan fingerprint density at radius 3 is 2.94 bits per heavy atom. The third-order valence-electron chi connectivity index (χ3n) is 2.57. The fourth-order valence-corrected chi connectivity index (χ4v) is 1.71. The topological polar surface area (TPSA) is 47.6 Å². The molecule has 1 aliphatic heterocycles. The summed E-state index contributed by atoms with van der Waals surface area (Å²) in [7, 11) is 0. The summed E-state index contributed by atoms with van der Waals surface area (Å²) in [6, 6.07) is 7.56. The maximum atomic E-state index is 11.3. The van der Waals surface area contributed by atoms with E-state index in [1.165, 1.54) is 0 Å². The standard InChI is InChI=1S/C13H17NO3/c1-2-5-13(15)14-8-10-9-16-11-6-3-4-7-12(11)17-10/h3-4,6-7,10H,2,5,8-9H2,1H3,(H,14,15)/t10-/m0/s1. The van der Waals surface area contributed by atoms with E-state index in [-0.39, 0.29) is 12.0 Å². The van der Waals surface area contributed by atoms with Gasteiger partial charge < -0.3 is 14.8 Å². The molecule has 92 valence electrons. The fraction of sp³-hybridized carbons (Fsp3) is 0.462. The average molecular weight is 235 g/mol. The van der Waals surface area contributed by atoms with E-state index >= 15 is 0 Å². The van der Waals surface area contributed by atoms with Gasteiger partial charge in [-0.25, -0.2) is 0 Å². The highest BCUT2D eigenvalue weighted by Crippen LogP contribution is 2.30. The zero-order chi connectivity index (χ0) is 12.1. The van der Waals surface area contributed by atoms with Gasteiger partial charge in [0.05, 0.1) is 6.54 Å². The van der Waals surface area contributed by atoms with E-state index in [4.69, 9.17) is 9.47 Å². The highest BCUT2D eigenvalue weighted by molar-refractivity contribution is 5.75. The van der Waals surface area contributed by atoms with Crippen LogP contribution in [0.15, 0.2) is 24.3 Å². The molecule has 0 saturated heterocycles. The largest absolute Gasteiger partial charge is 0.486 e. The summed E-state index contributed by atoms with van der Waals surface area (Å²) in [6.45, 7) is 2.95. The summed E-state index contributed by atoms with van der Waals surface area (Å²) >= 11 is 0. The minimum atomic E-state index is -0.106. The first kappa shape index (κ1) is 11.8. The highest BCUT2D eigenvalue weighted by atomic mass is 16.6. The monoisotopic (exact) mass is 235 g/mol. The van der Waals surface area contributed by atoms with Crippen molar-refractivity contribution in [2.75, 3.05) is 13.2 Å². The predicted octanol–water partition coefficient (Wildman–Crippen LogP) is 1.74. The maximum Gasteiger partial charge on any atom is 0.220 e. The van der Waals surface area contributed by atoms with Gasteiger partial charge in [0, 0.05) is 6.42 Å². The maximum absolute atomic E-state index is 11.3. The first-order valence-corrected chi connectivity index (χ1v) is 5.94. The van der Waals surface area contributed by atoms with Crippen molar-refractivity contribution in [2.45, 2.75) is 25.9 Å². The van der Waals surface area contributed by atoms with Gasteiger partial charge in [-0.3, -0.25) is 4.79 Å². The van der Waals surface area contributed by atoms with Crippen LogP contribution < -0.4 is 14.8 Å². The Labute approximate surface area is 101 Å². The lowest BCUT2D eigenvalue weighted by Crippen LogP contribution is -2.40. The van der Waals surface area contributed by atoms with Gasteiger partial charge in [0.2, 0.25) is 5.91 Å². The van der Waals surface area contributed by atoms with Gasteiger partial charge >= 0.3 is 0 Å². The van der Waals surface area contributed by atoms with E-state index < -0.39 is 0 Å². The SMILES string of the molecule is CCCC(=O)NC[C@H]1COc2ccccc2O1. The number of hydrogen-bond acceptors (Lipinski definition) is 3. The number of rotatable bonds is 4. The summed E-state index contributed by atoms with van der Waals surface area (Å²) in [4.78, 5) is 11.3. The molecule has 0 radical (unpaired) electrons. The summed E-state index contributed by atoms with van der Waals surface area (Å²) in [5.74, 6) is 1.58. The average Bonchev–Trinajstić information content (AvgIpc) is 2.36. The Bertz CT molecular complexity index is 392. The van der Waals surface area contributed by atoms with Crippen LogP contribution in [0.25, 0.3) is 0 Å². The molecule has 1 aliphatic rings. The minimum Gasteiger partial charge on any atom is -0.486 e. The van der Waals surface area contributed by atoms with Crippen molar-refractivity contribution in [1.29, 1.82) is 0 Å². The molecular formula is C13H17NO3. The molecule has 1 aromatic carbocycles. The van der Waals surface area contributed by atoms with Gasteiger partial charge in [-0.05, 0) is 18.6 Å². The number of carbonyl (C=O) groups excluding carboxylic acids is 1. The van der Waals surface area contributed by atoms with Crippen molar-refractivity contribution in [2.24, 2.45) is 0 Å². The molecule has 1 amide bonds. The molecule has 0 fully saturated rings. The van der Waals surface area contributed by atoms with Crippen LogP contribution in [-0.4, -0.2) is 25.2 Å². The fourth-order valence-electron chi connectivity index (χ4n) is 1.71. The molecular weight excluding hydrogens is 218 g/mol. The van der Waals surface area contributed by atoms with Crippen LogP contribution in [0.3, 0.4) is 0 Å². The van der Waals surface area contributed by atoms with Gasteiger partial charge in [-0.1, -0.05) is 19.1 Å². The lowest BCUT2D eigenvalue weighted by molar-refractivity contribution is -0.121. The number of ether oxygens (including phenoxy) is 2. The Morgan fingerprint density at radius 2 is 2.18 bits per heavy atom. The quantitative estimate of drug-likeness (QED) is 0.864. The number of carbonyl (C=O) groups is 1. The second kappa shape index (κ2) is 5.57. The molecule has 0 aliphatic carbocycles. The Hall–Kier alpha value is -1.71. The molecule has 0 unspecified atom stereocenters. The number of hydrogen-bond donors (Lipinski definition) is 1. The summed E-state index contributed by atoms with van der Waals surface area (Å²) < 4.78 is 11.3. The Balaban J connectivity index is 1.84. The molecule has 2 rings (SSSR count). The summed E-state index contributed by atoms with van der Waals surface area (Å²) in [5.41, 5.74) is 0. The molecule has 1 aromatic rings. The van der Waals surface area contributed by atoms with Crippen LogP contribution in [0.5, 0.6) is 11.5 Å². The Morgan fingerprint density at radius 1 is 1.41 bits per heavy atom. The first-order valence-electron chi connectivity index (χ1n) is 5.94. The molecule has 0 saturated carbocycles. The van der Waals surface area contributed by atoms with Gasteiger partial charge in [0.25, 0.3) is 0 Å². The number of benzene rings is 1. The van der Waals surface area contributed by atoms with Crippen LogP contribution in [0.1, 0.15) is 19.8 Å². The van der Waals surface area contributed by atoms with Crippen LogP contribution in [0.2, 0.25) is 0 Å². The Kier molecular flexibility index (Phi) is 3.85. The van der Waals surface area contributed by atoms with E-state index in [2.05, 4.69) is 5.32 Å². The second-order valence-electron chi connectivity index (χ2n) is 4.05. The number of amides is 1. The van der Waals surface area contributed by atoms with Crippen molar-refractivity contribution in [3.8, 4) is 11.5 Å². The molecule has 4 nitrogen and oxygen atoms in total. The summed E-state index contributed by atoms with van der Waals surface area (Å²) in [6.07, 6.45) is 1.31. The zero-order valence-electron chi connectivity index (χ0n) is 9.94. The summed E-state index contributed by atoms with van der Waals surface area (Å²) in [5, 5.41) is 2.84. The van der Waals surface area contributed by atoms with Crippen LogP contribution in [-0.2, 0) is 4.79 Å². The normalized spacial score (nSPS) is 17.6.